The number of nitrogens with one attached hydrogen (secondary N) is 5. The van der Waals surface area contributed by atoms with Crippen molar-refractivity contribution >= 4 is 52.6 Å². The van der Waals surface area contributed by atoms with Gasteiger partial charge in [0.25, 0.3) is 5.91 Å². The molecule has 13 nitrogen and oxygen atoms in total. The summed E-state index contributed by atoms with van der Waals surface area (Å²) in [6, 6.07) is 23.7. The summed E-state index contributed by atoms with van der Waals surface area (Å²) in [6.07, 6.45) is 0.229. The van der Waals surface area contributed by atoms with Crippen molar-refractivity contribution in [2.45, 2.75) is 38.4 Å². The average Bonchev–Trinajstić information content (AvgIpc) is 3.96. The first-order valence-electron chi connectivity index (χ1n) is 17.4. The van der Waals surface area contributed by atoms with Gasteiger partial charge < -0.3 is 31.3 Å². The maximum absolute atomic E-state index is 13.0. The molecule has 3 amide bonds. The lowest BCUT2D eigenvalue weighted by atomic mass is 9.93. The van der Waals surface area contributed by atoms with Crippen molar-refractivity contribution < 1.29 is 32.3 Å². The number of carbonyl (C=O) groups excluding carboxylic acids is 3. The van der Waals surface area contributed by atoms with Gasteiger partial charge in [0.15, 0.2) is 6.61 Å². The highest BCUT2D eigenvalue weighted by molar-refractivity contribution is 6.39. The fourth-order valence-corrected chi connectivity index (χ4v) is 5.60. The normalized spacial score (nSPS) is 13.2. The molecule has 1 fully saturated rings. The van der Waals surface area contributed by atoms with Gasteiger partial charge in [-0.2, -0.15) is 28.1 Å². The molecule has 1 aliphatic rings. The predicted octanol–water partition coefficient (Wildman–Crippen LogP) is 6.88. The predicted molar refractivity (Wildman–Crippen MR) is 205 cm³/mol. The maximum atomic E-state index is 13.0. The van der Waals surface area contributed by atoms with Gasteiger partial charge in [-0.1, -0.05) is 49.7 Å². The van der Waals surface area contributed by atoms with Gasteiger partial charge in [0.2, 0.25) is 11.9 Å². The maximum Gasteiger partial charge on any atom is 0.422 e. The highest BCUT2D eigenvalue weighted by Gasteiger charge is 2.45. The Hall–Kier alpha value is -6.29. The van der Waals surface area contributed by atoms with Crippen LogP contribution in [-0.4, -0.2) is 63.5 Å². The fraction of sp³-hybridized carbons (Fsp3) is 0.256. The number of halogens is 4. The lowest BCUT2D eigenvalue weighted by Gasteiger charge is -2.25. The van der Waals surface area contributed by atoms with Gasteiger partial charge in [0, 0.05) is 47.4 Å². The number of carbonyl (C=O) groups is 3. The van der Waals surface area contributed by atoms with E-state index in [2.05, 4.69) is 46.5 Å². The SMILES string of the molecule is CC(C)(CNC(=O)C(=O)Nc1ccc(-c2ccncc2)cc1)CNC(=O)c1ccc(Nc2nc(NC3(c4ccc(Cl)cc4)CC3)nc(OCC(F)(F)F)n2)cc1. The standard InChI is InChI=1S/C39H37ClF3N9O4/c1-37(2,22-46-32(54)33(55)47-29-11-3-24(4-12-29)25-15-19-44-20-16-25)21-45-31(53)26-5-13-30(14-6-26)48-34-49-35(51-36(50-34)56-23-39(41,42)43)52-38(17-18-38)27-7-9-28(40)10-8-27/h3-16,19-20H,17-18,21-23H2,1-2H3,(H,45,53)(H,46,54)(H,47,55)(H2,48,49,50,51,52). The van der Waals surface area contributed by atoms with Crippen LogP contribution < -0.4 is 31.3 Å². The third kappa shape index (κ3) is 10.9. The van der Waals surface area contributed by atoms with Gasteiger partial charge in [-0.3, -0.25) is 19.4 Å². The number of hydrogen-bond acceptors (Lipinski definition) is 10. The van der Waals surface area contributed by atoms with Gasteiger partial charge in [-0.05, 0) is 95.6 Å². The first-order chi connectivity index (χ1) is 26.7. The summed E-state index contributed by atoms with van der Waals surface area (Å²) < 4.78 is 43.7. The van der Waals surface area contributed by atoms with Crippen molar-refractivity contribution in [3.63, 3.8) is 0 Å². The molecule has 56 heavy (non-hydrogen) atoms. The van der Waals surface area contributed by atoms with E-state index in [1.807, 2.05) is 50.2 Å². The number of pyridine rings is 1. The number of aromatic nitrogens is 4. The highest BCUT2D eigenvalue weighted by atomic mass is 35.5. The van der Waals surface area contributed by atoms with Gasteiger partial charge in [0.1, 0.15) is 0 Å². The van der Waals surface area contributed by atoms with Crippen LogP contribution >= 0.6 is 11.6 Å². The van der Waals surface area contributed by atoms with E-state index >= 15 is 0 Å². The quantitative estimate of drug-likeness (QED) is 0.0747. The molecule has 3 aromatic carbocycles. The molecule has 0 saturated heterocycles. The second-order valence-corrected chi connectivity index (χ2v) is 14.3. The summed E-state index contributed by atoms with van der Waals surface area (Å²) in [4.78, 5) is 54.5. The van der Waals surface area contributed by atoms with Crippen LogP contribution in [0.5, 0.6) is 6.01 Å². The second-order valence-electron chi connectivity index (χ2n) is 13.9. The zero-order valence-corrected chi connectivity index (χ0v) is 31.0. The number of benzene rings is 3. The number of amides is 3. The Morgan fingerprint density at radius 2 is 1.36 bits per heavy atom. The monoisotopic (exact) mass is 787 g/mol. The smallest absolute Gasteiger partial charge is 0.422 e. The number of nitrogens with zero attached hydrogens (tertiary/aromatic N) is 4. The third-order valence-electron chi connectivity index (χ3n) is 8.70. The van der Waals surface area contributed by atoms with Crippen molar-refractivity contribution in [3.8, 4) is 17.1 Å². The Kier molecular flexibility index (Phi) is 11.7. The molecule has 1 aliphatic carbocycles. The summed E-state index contributed by atoms with van der Waals surface area (Å²) in [5.41, 5.74) is 2.88. The number of rotatable bonds is 14. The highest BCUT2D eigenvalue weighted by Crippen LogP contribution is 2.48. The first-order valence-corrected chi connectivity index (χ1v) is 17.8. The van der Waals surface area contributed by atoms with E-state index in [9.17, 15) is 27.6 Å². The van der Waals surface area contributed by atoms with Crippen LogP contribution in [0.15, 0.2) is 97.3 Å². The van der Waals surface area contributed by atoms with Gasteiger partial charge in [0.05, 0.1) is 5.54 Å². The largest absolute Gasteiger partial charge is 0.454 e. The van der Waals surface area contributed by atoms with Crippen molar-refractivity contribution in [1.82, 2.24) is 30.6 Å². The van der Waals surface area contributed by atoms with Gasteiger partial charge in [-0.15, -0.1) is 0 Å². The van der Waals surface area contributed by atoms with E-state index in [1.54, 1.807) is 60.9 Å². The van der Waals surface area contributed by atoms with E-state index in [0.29, 0.717) is 22.0 Å². The molecule has 5 N–H and O–H groups in total. The van der Waals surface area contributed by atoms with Crippen LogP contribution in [0.2, 0.25) is 5.02 Å². The number of hydrogen-bond donors (Lipinski definition) is 5. The Bertz CT molecular complexity index is 2170. The number of ether oxygens (including phenoxy) is 1. The zero-order valence-electron chi connectivity index (χ0n) is 30.2. The molecule has 290 valence electrons. The summed E-state index contributed by atoms with van der Waals surface area (Å²) in [6.45, 7) is 2.32. The molecule has 0 atom stereocenters. The molecule has 0 aliphatic heterocycles. The Morgan fingerprint density at radius 3 is 2.00 bits per heavy atom. The summed E-state index contributed by atoms with van der Waals surface area (Å²) in [5, 5.41) is 14.7. The first kappa shape index (κ1) is 39.4. The molecule has 1 saturated carbocycles. The van der Waals surface area contributed by atoms with Gasteiger partial charge in [-0.25, -0.2) is 0 Å². The fourth-order valence-electron chi connectivity index (χ4n) is 5.47. The molecule has 2 aromatic heterocycles. The lowest BCUT2D eigenvalue weighted by molar-refractivity contribution is -0.154. The molecule has 0 unspecified atom stereocenters. The molecule has 6 rings (SSSR count). The van der Waals surface area contributed by atoms with Crippen LogP contribution in [0.3, 0.4) is 0 Å². The molecule has 0 spiro atoms. The van der Waals surface area contributed by atoms with Gasteiger partial charge >= 0.3 is 24.0 Å². The molecule has 0 radical (unpaired) electrons. The van der Waals surface area contributed by atoms with E-state index in [0.717, 1.165) is 29.5 Å². The van der Waals surface area contributed by atoms with Crippen LogP contribution in [0.1, 0.15) is 42.6 Å². The Labute approximate surface area is 324 Å². The Morgan fingerprint density at radius 1 is 0.750 bits per heavy atom. The van der Waals surface area contributed by atoms with Crippen LogP contribution in [-0.2, 0) is 15.1 Å². The van der Waals surface area contributed by atoms with E-state index in [4.69, 9.17) is 16.3 Å². The van der Waals surface area contributed by atoms with Crippen LogP contribution in [0.25, 0.3) is 11.1 Å². The lowest BCUT2D eigenvalue weighted by Crippen LogP contribution is -2.44. The molecule has 5 aromatic rings. The third-order valence-corrected chi connectivity index (χ3v) is 8.95. The van der Waals surface area contributed by atoms with Crippen molar-refractivity contribution in [2.24, 2.45) is 5.41 Å². The molecular weight excluding hydrogens is 751 g/mol. The topological polar surface area (TPSA) is 172 Å². The summed E-state index contributed by atoms with van der Waals surface area (Å²) in [7, 11) is 0. The van der Waals surface area contributed by atoms with Crippen molar-refractivity contribution in [1.29, 1.82) is 0 Å². The molecular formula is C39H37ClF3N9O4. The number of anilines is 4. The summed E-state index contributed by atoms with van der Waals surface area (Å²) in [5.74, 6) is -2.11. The van der Waals surface area contributed by atoms with E-state index in [-0.39, 0.29) is 25.0 Å². The molecule has 2 heterocycles. The second kappa shape index (κ2) is 16.6. The molecule has 0 bridgehead atoms. The minimum Gasteiger partial charge on any atom is -0.454 e. The van der Waals surface area contributed by atoms with E-state index < -0.39 is 47.5 Å². The number of alkyl halides is 3. The Balaban J connectivity index is 1.01. The van der Waals surface area contributed by atoms with Crippen molar-refractivity contribution in [2.75, 3.05) is 35.6 Å². The minimum atomic E-state index is -4.61. The minimum absolute atomic E-state index is 0.00894. The molecule has 17 heteroatoms. The van der Waals surface area contributed by atoms with Crippen LogP contribution in [0, 0.1) is 5.41 Å². The summed E-state index contributed by atoms with van der Waals surface area (Å²) >= 11 is 6.04. The van der Waals surface area contributed by atoms with E-state index in [1.165, 1.54) is 0 Å². The average molecular weight is 788 g/mol. The zero-order chi connectivity index (χ0) is 39.9. The van der Waals surface area contributed by atoms with Crippen LogP contribution in [0.4, 0.5) is 36.4 Å². The van der Waals surface area contributed by atoms with Crippen molar-refractivity contribution in [3.05, 3.63) is 113 Å².